The summed E-state index contributed by atoms with van der Waals surface area (Å²) < 4.78 is 5.87. The van der Waals surface area contributed by atoms with Gasteiger partial charge in [-0.05, 0) is 17.0 Å². The molecule has 0 radical (unpaired) electrons. The van der Waals surface area contributed by atoms with Crippen molar-refractivity contribution in [1.82, 2.24) is 9.97 Å². The van der Waals surface area contributed by atoms with Gasteiger partial charge >= 0.3 is 0 Å². The van der Waals surface area contributed by atoms with Crippen LogP contribution in [0.3, 0.4) is 0 Å². The quantitative estimate of drug-likeness (QED) is 0.503. The second-order valence-electron chi connectivity index (χ2n) is 5.96. The lowest BCUT2D eigenvalue weighted by atomic mass is 9.86. The molecule has 2 rings (SSSR count). The summed E-state index contributed by atoms with van der Waals surface area (Å²) in [5.74, 6) is 1.32. The van der Waals surface area contributed by atoms with Crippen LogP contribution in [0.2, 0.25) is 0 Å². The molecule has 0 bridgehead atoms. The van der Waals surface area contributed by atoms with Crippen molar-refractivity contribution in [2.45, 2.75) is 37.4 Å². The van der Waals surface area contributed by atoms with E-state index < -0.39 is 6.23 Å². The van der Waals surface area contributed by atoms with Crippen molar-refractivity contribution in [3.63, 3.8) is 0 Å². The molecule has 6 heteroatoms. The Balaban J connectivity index is 2.01. The number of hydrogen-bond acceptors (Lipinski definition) is 5. The fraction of sp³-hybridized carbons (Fsp3) is 0.375. The maximum Gasteiger partial charge on any atom is 0.273 e. The molecule has 0 spiro atoms. The van der Waals surface area contributed by atoms with Crippen molar-refractivity contribution in [3.05, 3.63) is 52.6 Å². The van der Waals surface area contributed by atoms with Crippen LogP contribution in [0.25, 0.3) is 0 Å². The summed E-state index contributed by atoms with van der Waals surface area (Å²) in [7, 11) is 0. The zero-order valence-corrected chi connectivity index (χ0v) is 13.8. The number of H-pyrrole nitrogens is 1. The average molecular weight is 319 g/mol. The van der Waals surface area contributed by atoms with E-state index in [1.54, 1.807) is 0 Å². The molecule has 0 amide bonds. The van der Waals surface area contributed by atoms with Gasteiger partial charge < -0.3 is 9.72 Å². The van der Waals surface area contributed by atoms with E-state index in [0.717, 1.165) is 16.3 Å². The number of hydrogen-bond donors (Lipinski definition) is 2. The van der Waals surface area contributed by atoms with E-state index >= 15 is 0 Å². The number of rotatable bonds is 5. The van der Waals surface area contributed by atoms with E-state index in [2.05, 4.69) is 36.8 Å². The van der Waals surface area contributed by atoms with Crippen LogP contribution in [0.1, 0.15) is 26.3 Å². The van der Waals surface area contributed by atoms with Crippen LogP contribution in [0.15, 0.2) is 46.5 Å². The highest BCUT2D eigenvalue weighted by atomic mass is 32.2. The number of nitrogens with zero attached hydrogens (tertiary/aromatic N) is 1. The van der Waals surface area contributed by atoms with Gasteiger partial charge in [-0.15, -0.1) is 11.8 Å². The zero-order valence-electron chi connectivity index (χ0n) is 13.0. The van der Waals surface area contributed by atoms with Crippen LogP contribution in [0, 0.1) is 0 Å². The third kappa shape index (κ3) is 4.61. The molecule has 2 aromatic rings. The summed E-state index contributed by atoms with van der Waals surface area (Å²) in [6, 6.07) is 9.36. The molecule has 0 aliphatic rings. The third-order valence-electron chi connectivity index (χ3n) is 3.03. The number of nitrogens with one attached hydrogen (secondary N) is 1. The van der Waals surface area contributed by atoms with Crippen molar-refractivity contribution in [2.75, 3.05) is 5.75 Å². The van der Waals surface area contributed by atoms with Gasteiger partial charge in [-0.25, -0.2) is 0 Å². The number of aromatic nitrogens is 2. The molecule has 118 valence electrons. The van der Waals surface area contributed by atoms with Crippen LogP contribution in [0.5, 0.6) is 5.75 Å². The molecular weight excluding hydrogens is 298 g/mol. The highest BCUT2D eigenvalue weighted by Crippen LogP contribution is 2.31. The molecule has 5 nitrogen and oxygen atoms in total. The molecule has 0 fully saturated rings. The van der Waals surface area contributed by atoms with Gasteiger partial charge in [0, 0.05) is 6.07 Å². The molecule has 0 saturated heterocycles. The predicted molar refractivity (Wildman–Crippen MR) is 89.3 cm³/mol. The number of para-hydroxylation sites is 1. The van der Waals surface area contributed by atoms with Crippen molar-refractivity contribution < 1.29 is 4.74 Å². The molecule has 1 unspecified atom stereocenters. The minimum Gasteiger partial charge on any atom is -0.474 e. The van der Waals surface area contributed by atoms with Gasteiger partial charge in [-0.3, -0.25) is 10.5 Å². The van der Waals surface area contributed by atoms with Crippen LogP contribution in [-0.2, 0) is 5.41 Å². The summed E-state index contributed by atoms with van der Waals surface area (Å²) in [4.78, 5) is 17.7. The van der Waals surface area contributed by atoms with Gasteiger partial charge in [-0.1, -0.05) is 39.0 Å². The van der Waals surface area contributed by atoms with Crippen LogP contribution in [-0.4, -0.2) is 21.9 Å². The Morgan fingerprint density at radius 1 is 1.36 bits per heavy atom. The maximum absolute atomic E-state index is 11.2. The van der Waals surface area contributed by atoms with Crippen LogP contribution < -0.4 is 16.0 Å². The van der Waals surface area contributed by atoms with Gasteiger partial charge in [0.1, 0.15) is 5.75 Å². The summed E-state index contributed by atoms with van der Waals surface area (Å²) in [5.41, 5.74) is 6.89. The molecular formula is C16H21N3O2S. The maximum atomic E-state index is 11.2. The van der Waals surface area contributed by atoms with Gasteiger partial charge in [0.2, 0.25) is 0 Å². The fourth-order valence-electron chi connectivity index (χ4n) is 1.99. The van der Waals surface area contributed by atoms with E-state index in [0.29, 0.717) is 5.75 Å². The van der Waals surface area contributed by atoms with E-state index in [9.17, 15) is 4.79 Å². The Bertz CT molecular complexity index is 679. The van der Waals surface area contributed by atoms with Gasteiger partial charge in [0.05, 0.1) is 17.1 Å². The molecule has 1 aromatic heterocycles. The summed E-state index contributed by atoms with van der Waals surface area (Å²) in [6.45, 7) is 6.41. The van der Waals surface area contributed by atoms with Crippen molar-refractivity contribution in [2.24, 2.45) is 5.73 Å². The first-order chi connectivity index (χ1) is 10.4. The largest absolute Gasteiger partial charge is 0.474 e. The number of nitrogens with two attached hydrogens (primary N) is 1. The normalized spacial score (nSPS) is 12.9. The van der Waals surface area contributed by atoms with E-state index in [4.69, 9.17) is 10.5 Å². The lowest BCUT2D eigenvalue weighted by molar-refractivity contribution is 0.229. The molecule has 0 saturated carbocycles. The standard InChI is InChI=1S/C16H21N3O2S/c1-16(2,3)11-6-4-5-7-12(11)21-13(17)9-22-15-8-14(20)18-10-19-15/h4-8,10,13H,9,17H2,1-3H3,(H,18,19,20). The lowest BCUT2D eigenvalue weighted by Crippen LogP contribution is -2.31. The van der Waals surface area contributed by atoms with Gasteiger partial charge in [0.15, 0.2) is 6.23 Å². The summed E-state index contributed by atoms with van der Waals surface area (Å²) >= 11 is 1.43. The average Bonchev–Trinajstić information content (AvgIpc) is 2.45. The molecule has 1 heterocycles. The number of aromatic amines is 1. The van der Waals surface area contributed by atoms with Crippen molar-refractivity contribution >= 4 is 11.8 Å². The highest BCUT2D eigenvalue weighted by Gasteiger charge is 2.19. The monoisotopic (exact) mass is 319 g/mol. The Kier molecular flexibility index (Phi) is 5.26. The van der Waals surface area contributed by atoms with E-state index in [-0.39, 0.29) is 11.0 Å². The van der Waals surface area contributed by atoms with E-state index in [1.165, 1.54) is 24.2 Å². The van der Waals surface area contributed by atoms with Gasteiger partial charge in [-0.2, -0.15) is 4.98 Å². The first-order valence-electron chi connectivity index (χ1n) is 7.05. The highest BCUT2D eigenvalue weighted by molar-refractivity contribution is 7.99. The Hall–Kier alpha value is -1.79. The molecule has 0 aliphatic carbocycles. The second kappa shape index (κ2) is 6.98. The predicted octanol–water partition coefficient (Wildman–Crippen LogP) is 2.52. The molecule has 1 atom stereocenters. The minimum absolute atomic E-state index is 0.0141. The van der Waals surface area contributed by atoms with Crippen molar-refractivity contribution in [1.29, 1.82) is 0 Å². The fourth-order valence-corrected chi connectivity index (χ4v) is 2.72. The minimum atomic E-state index is -0.467. The molecule has 1 aromatic carbocycles. The smallest absolute Gasteiger partial charge is 0.273 e. The van der Waals surface area contributed by atoms with Crippen LogP contribution in [0.4, 0.5) is 0 Å². The number of thioether (sulfide) groups is 1. The molecule has 0 aliphatic heterocycles. The van der Waals surface area contributed by atoms with E-state index in [1.807, 2.05) is 18.2 Å². The first kappa shape index (κ1) is 16.6. The third-order valence-corrected chi connectivity index (χ3v) is 4.07. The SMILES string of the molecule is CC(C)(C)c1ccccc1OC(N)CSc1cc(=O)nc[nH]1. The second-order valence-corrected chi connectivity index (χ2v) is 7.02. The number of ether oxygens (including phenoxy) is 1. The number of benzene rings is 1. The lowest BCUT2D eigenvalue weighted by Gasteiger charge is -2.24. The molecule has 3 N–H and O–H groups in total. The van der Waals surface area contributed by atoms with Crippen LogP contribution >= 0.6 is 11.8 Å². The topological polar surface area (TPSA) is 81.0 Å². The molecule has 22 heavy (non-hydrogen) atoms. The summed E-state index contributed by atoms with van der Waals surface area (Å²) in [6.07, 6.45) is 0.913. The Morgan fingerprint density at radius 3 is 2.77 bits per heavy atom. The summed E-state index contributed by atoms with van der Waals surface area (Å²) in [5, 5.41) is 0.725. The zero-order chi connectivity index (χ0) is 16.2. The van der Waals surface area contributed by atoms with Gasteiger partial charge in [0.25, 0.3) is 5.56 Å². The Morgan fingerprint density at radius 2 is 2.09 bits per heavy atom. The first-order valence-corrected chi connectivity index (χ1v) is 8.04. The van der Waals surface area contributed by atoms with Crippen molar-refractivity contribution in [3.8, 4) is 5.75 Å². The Labute approximate surface area is 134 Å².